The molecule has 1 radical (unpaired) electrons. The minimum absolute atomic E-state index is 0. The van der Waals surface area contributed by atoms with Crippen LogP contribution in [0.4, 0.5) is 0 Å². The van der Waals surface area contributed by atoms with Gasteiger partial charge in [-0.1, -0.05) is 0 Å². The molecule has 0 aliphatic rings. The van der Waals surface area contributed by atoms with Crippen LogP contribution < -0.4 is 0 Å². The molecule has 0 saturated carbocycles. The van der Waals surface area contributed by atoms with E-state index in [4.69, 9.17) is 0 Å². The van der Waals surface area contributed by atoms with Gasteiger partial charge in [-0.05, 0) is 6.92 Å². The van der Waals surface area contributed by atoms with Crippen molar-refractivity contribution in [3.63, 3.8) is 0 Å². The van der Waals surface area contributed by atoms with Crippen molar-refractivity contribution in [2.24, 2.45) is 0 Å². The van der Waals surface area contributed by atoms with E-state index in [0.29, 0.717) is 0 Å². The van der Waals surface area contributed by atoms with E-state index in [-0.39, 0.29) is 40.1 Å². The number of aliphatic hydroxyl groups excluding tert-OH is 1. The van der Waals surface area contributed by atoms with Gasteiger partial charge in [0.15, 0.2) is 0 Å². The van der Waals surface area contributed by atoms with Crippen molar-refractivity contribution in [1.29, 1.82) is 0 Å². The van der Waals surface area contributed by atoms with Gasteiger partial charge in [0.25, 0.3) is 0 Å². The Balaban J connectivity index is 0. The van der Waals surface area contributed by atoms with Gasteiger partial charge < -0.3 is 17.3 Å². The van der Waals surface area contributed by atoms with Crippen LogP contribution in [0.5, 0.6) is 0 Å². The summed E-state index contributed by atoms with van der Waals surface area (Å²) in [5.74, 6) is -1.04. The minimum Gasteiger partial charge on any atom is -0.469 e. The predicted molar refractivity (Wildman–Crippen MR) is 58.1 cm³/mol. The topological polar surface area (TPSA) is 46.5 Å². The molecule has 1 aromatic rings. The molecule has 0 fully saturated rings. The standard InChI is InChI=1S/C11H13O3.CH3.Y/c1-8(12)10(11(13)14-2)9-6-4-3-5-7-9;;/h4-8,10,12H,1-2H3;1H3;/q2*-1;. The van der Waals surface area contributed by atoms with E-state index >= 15 is 0 Å². The molecular weight excluding hydrogens is 281 g/mol. The summed E-state index contributed by atoms with van der Waals surface area (Å²) in [7, 11) is 1.31. The van der Waals surface area contributed by atoms with Gasteiger partial charge >= 0.3 is 5.97 Å². The molecule has 0 aromatic heterocycles. The number of esters is 1. The first-order valence-electron chi connectivity index (χ1n) is 4.38. The summed E-state index contributed by atoms with van der Waals surface area (Å²) in [5, 5.41) is 9.46. The normalized spacial score (nSPS) is 12.7. The molecule has 1 N–H and O–H groups in total. The number of hydrogen-bond donors (Lipinski definition) is 1. The summed E-state index contributed by atoms with van der Waals surface area (Å²) in [6, 6.07) is 9.74. The zero-order valence-electron chi connectivity index (χ0n) is 9.81. The zero-order valence-corrected chi connectivity index (χ0v) is 12.6. The fourth-order valence-electron chi connectivity index (χ4n) is 1.35. The third-order valence-corrected chi connectivity index (χ3v) is 2.04. The summed E-state index contributed by atoms with van der Waals surface area (Å²) >= 11 is 0. The molecule has 2 unspecified atom stereocenters. The number of aliphatic hydroxyl groups is 1. The summed E-state index contributed by atoms with van der Waals surface area (Å²) in [6.45, 7) is 1.57. The van der Waals surface area contributed by atoms with E-state index in [1.807, 2.05) is 0 Å². The van der Waals surface area contributed by atoms with E-state index in [9.17, 15) is 9.90 Å². The number of rotatable bonds is 3. The molecule has 1 aromatic carbocycles. The first-order chi connectivity index (χ1) is 6.66. The van der Waals surface area contributed by atoms with E-state index in [1.165, 1.54) is 7.11 Å². The molecule has 0 spiro atoms. The molecule has 3 nitrogen and oxygen atoms in total. The molecule has 0 saturated heterocycles. The van der Waals surface area contributed by atoms with Gasteiger partial charge in [0.2, 0.25) is 0 Å². The number of carbonyl (C=O) groups is 1. The molecule has 1 rings (SSSR count). The third-order valence-electron chi connectivity index (χ3n) is 2.04. The van der Waals surface area contributed by atoms with Crippen molar-refractivity contribution in [1.82, 2.24) is 0 Å². The smallest absolute Gasteiger partial charge is 0.313 e. The number of carbonyl (C=O) groups excluding carboxylic acids is 1. The minimum atomic E-state index is -0.759. The van der Waals surface area contributed by atoms with Crippen LogP contribution in [-0.2, 0) is 42.2 Å². The van der Waals surface area contributed by atoms with E-state index in [1.54, 1.807) is 31.2 Å². The molecule has 0 amide bonds. The first kappa shape index (κ1) is 18.1. The van der Waals surface area contributed by atoms with Gasteiger partial charge in [-0.25, -0.2) is 0 Å². The Labute approximate surface area is 122 Å². The van der Waals surface area contributed by atoms with Crippen LogP contribution in [-0.4, -0.2) is 24.3 Å². The van der Waals surface area contributed by atoms with Crippen molar-refractivity contribution in [2.45, 2.75) is 18.9 Å². The predicted octanol–water partition coefficient (Wildman–Crippen LogP) is 1.57. The average molecular weight is 297 g/mol. The summed E-state index contributed by atoms with van der Waals surface area (Å²) in [6.07, 6.45) is -0.759. The maximum atomic E-state index is 11.4. The Morgan fingerprint density at radius 1 is 1.44 bits per heavy atom. The molecular formula is C12H16O3Y-2. The molecule has 0 aliphatic carbocycles. The van der Waals surface area contributed by atoms with Crippen LogP contribution in [0, 0.1) is 13.5 Å². The first-order valence-corrected chi connectivity index (χ1v) is 4.38. The van der Waals surface area contributed by atoms with Gasteiger partial charge in [0.1, 0.15) is 0 Å². The fraction of sp³-hybridized carbons (Fsp3) is 0.333. The van der Waals surface area contributed by atoms with Gasteiger partial charge in [0.05, 0.1) is 19.1 Å². The number of ether oxygens (including phenoxy) is 1. The Hall–Kier alpha value is -0.246. The van der Waals surface area contributed by atoms with Crippen LogP contribution in [0.3, 0.4) is 0 Å². The Kier molecular flexibility index (Phi) is 10.0. The average Bonchev–Trinajstić information content (AvgIpc) is 2.19. The monoisotopic (exact) mass is 297 g/mol. The van der Waals surface area contributed by atoms with Crippen molar-refractivity contribution in [3.8, 4) is 0 Å². The van der Waals surface area contributed by atoms with Crippen molar-refractivity contribution >= 4 is 5.97 Å². The maximum absolute atomic E-state index is 11.4. The Bertz CT molecular complexity index is 298. The van der Waals surface area contributed by atoms with Crippen molar-refractivity contribution < 1.29 is 47.3 Å². The van der Waals surface area contributed by atoms with E-state index < -0.39 is 18.0 Å². The Morgan fingerprint density at radius 2 is 1.94 bits per heavy atom. The van der Waals surface area contributed by atoms with Crippen molar-refractivity contribution in [2.75, 3.05) is 7.11 Å². The fourth-order valence-corrected chi connectivity index (χ4v) is 1.35. The second-order valence-electron chi connectivity index (χ2n) is 3.07. The second kappa shape index (κ2) is 8.85. The van der Waals surface area contributed by atoms with E-state index in [0.717, 1.165) is 5.56 Å². The Morgan fingerprint density at radius 3 is 2.31 bits per heavy atom. The van der Waals surface area contributed by atoms with Crippen LogP contribution in [0.15, 0.2) is 24.3 Å². The molecule has 2 atom stereocenters. The van der Waals surface area contributed by atoms with Crippen LogP contribution in [0.1, 0.15) is 18.4 Å². The molecule has 4 heteroatoms. The largest absolute Gasteiger partial charge is 0.469 e. The van der Waals surface area contributed by atoms with E-state index in [2.05, 4.69) is 10.8 Å². The number of hydrogen-bond acceptors (Lipinski definition) is 3. The van der Waals surface area contributed by atoms with Gasteiger partial charge in [-0.15, -0.1) is 5.56 Å². The van der Waals surface area contributed by atoms with Gasteiger partial charge in [0, 0.05) is 32.7 Å². The van der Waals surface area contributed by atoms with Crippen LogP contribution in [0.2, 0.25) is 0 Å². The second-order valence-corrected chi connectivity index (χ2v) is 3.07. The molecule has 16 heavy (non-hydrogen) atoms. The molecule has 0 bridgehead atoms. The zero-order chi connectivity index (χ0) is 10.6. The molecule has 0 heterocycles. The van der Waals surface area contributed by atoms with Gasteiger partial charge in [-0.2, -0.15) is 30.3 Å². The quantitative estimate of drug-likeness (QED) is 0.680. The van der Waals surface area contributed by atoms with Crippen LogP contribution in [0.25, 0.3) is 0 Å². The number of methoxy groups -OCH3 is 1. The SMILES string of the molecule is COC(=O)C(c1cc[c-]cc1)C(C)O.[CH3-].[Y]. The molecule has 0 aliphatic heterocycles. The third kappa shape index (κ3) is 4.73. The number of benzene rings is 1. The summed E-state index contributed by atoms with van der Waals surface area (Å²) in [5.41, 5.74) is 0.741. The van der Waals surface area contributed by atoms with Gasteiger partial charge in [-0.3, -0.25) is 4.79 Å². The van der Waals surface area contributed by atoms with Crippen molar-refractivity contribution in [3.05, 3.63) is 43.3 Å². The maximum Gasteiger partial charge on any atom is 0.313 e. The summed E-state index contributed by atoms with van der Waals surface area (Å²) in [4.78, 5) is 11.4. The summed E-state index contributed by atoms with van der Waals surface area (Å²) < 4.78 is 4.62. The molecule has 87 valence electrons. The van der Waals surface area contributed by atoms with Crippen LogP contribution >= 0.6 is 0 Å².